The summed E-state index contributed by atoms with van der Waals surface area (Å²) in [7, 11) is 0. The van der Waals surface area contributed by atoms with Crippen LogP contribution in [0.4, 0.5) is 11.4 Å². The number of aliphatic hydroxyl groups is 1. The summed E-state index contributed by atoms with van der Waals surface area (Å²) in [4.78, 5) is 12.2. The van der Waals surface area contributed by atoms with E-state index in [2.05, 4.69) is 5.32 Å². The zero-order valence-corrected chi connectivity index (χ0v) is 11.8. The van der Waals surface area contributed by atoms with E-state index in [4.69, 9.17) is 12.2 Å². The van der Waals surface area contributed by atoms with Crippen molar-refractivity contribution < 1.29 is 10.0 Å². The average Bonchev–Trinajstić information content (AvgIpc) is 2.47. The lowest BCUT2D eigenvalue weighted by molar-refractivity contribution is -0.384. The summed E-state index contributed by atoms with van der Waals surface area (Å²) in [5.74, 6) is 0.264. The van der Waals surface area contributed by atoms with Gasteiger partial charge in [-0.25, -0.2) is 0 Å². The molecule has 0 spiro atoms. The zero-order valence-electron chi connectivity index (χ0n) is 11.0. The third-order valence-corrected chi connectivity index (χ3v) is 3.75. The molecule has 1 atom stereocenters. The van der Waals surface area contributed by atoms with E-state index >= 15 is 0 Å². The number of likely N-dealkylation sites (tertiary alicyclic amines) is 1. The minimum atomic E-state index is -0.432. The number of rotatable bonds is 3. The normalized spacial score (nSPS) is 18.6. The van der Waals surface area contributed by atoms with Crippen molar-refractivity contribution >= 4 is 28.7 Å². The summed E-state index contributed by atoms with van der Waals surface area (Å²) in [5.41, 5.74) is 0.784. The van der Waals surface area contributed by atoms with E-state index < -0.39 is 4.92 Å². The second-order valence-electron chi connectivity index (χ2n) is 4.87. The summed E-state index contributed by atoms with van der Waals surface area (Å²) in [5, 5.41) is 23.5. The second kappa shape index (κ2) is 6.62. The molecular weight excluding hydrogens is 278 g/mol. The smallest absolute Gasteiger partial charge is 0.269 e. The molecule has 1 saturated heterocycles. The molecule has 1 heterocycles. The number of nitrogens with zero attached hydrogens (tertiary/aromatic N) is 2. The molecule has 1 aromatic rings. The van der Waals surface area contributed by atoms with Crippen molar-refractivity contribution in [3.8, 4) is 0 Å². The van der Waals surface area contributed by atoms with Gasteiger partial charge in [0.15, 0.2) is 5.11 Å². The highest BCUT2D eigenvalue weighted by molar-refractivity contribution is 7.80. The van der Waals surface area contributed by atoms with Gasteiger partial charge in [0, 0.05) is 37.5 Å². The standard InChI is InChI=1S/C13H17N3O3S/c17-9-10-2-1-7-15(8-10)13(20)14-11-3-5-12(6-4-11)16(18)19/h3-6,10,17H,1-2,7-9H2,(H,14,20). The van der Waals surface area contributed by atoms with Crippen molar-refractivity contribution in [3.63, 3.8) is 0 Å². The number of aliphatic hydroxyl groups excluding tert-OH is 1. The van der Waals surface area contributed by atoms with Crippen molar-refractivity contribution in [2.75, 3.05) is 25.0 Å². The van der Waals surface area contributed by atoms with Gasteiger partial charge < -0.3 is 15.3 Å². The largest absolute Gasteiger partial charge is 0.396 e. The van der Waals surface area contributed by atoms with Gasteiger partial charge in [0.1, 0.15) is 0 Å². The molecule has 0 aliphatic carbocycles. The van der Waals surface area contributed by atoms with Crippen LogP contribution in [-0.2, 0) is 0 Å². The number of hydrogen-bond donors (Lipinski definition) is 2. The fraction of sp³-hybridized carbons (Fsp3) is 0.462. The highest BCUT2D eigenvalue weighted by Crippen LogP contribution is 2.19. The number of nitro benzene ring substituents is 1. The van der Waals surface area contributed by atoms with Crippen LogP contribution < -0.4 is 5.32 Å². The Bertz CT molecular complexity index is 492. The van der Waals surface area contributed by atoms with Gasteiger partial charge in [-0.3, -0.25) is 10.1 Å². The number of benzene rings is 1. The van der Waals surface area contributed by atoms with Gasteiger partial charge >= 0.3 is 0 Å². The maximum absolute atomic E-state index is 10.6. The molecule has 1 aromatic carbocycles. The molecule has 2 rings (SSSR count). The van der Waals surface area contributed by atoms with Crippen LogP contribution in [0.3, 0.4) is 0 Å². The third kappa shape index (κ3) is 3.64. The summed E-state index contributed by atoms with van der Waals surface area (Å²) >= 11 is 5.34. The highest BCUT2D eigenvalue weighted by Gasteiger charge is 2.21. The molecule has 7 heteroatoms. The molecule has 0 amide bonds. The lowest BCUT2D eigenvalue weighted by Gasteiger charge is -2.33. The van der Waals surface area contributed by atoms with Gasteiger partial charge in [0.05, 0.1) is 4.92 Å². The van der Waals surface area contributed by atoms with Gasteiger partial charge in [-0.05, 0) is 43.1 Å². The first-order valence-electron chi connectivity index (χ1n) is 6.51. The summed E-state index contributed by atoms with van der Waals surface area (Å²) in [6.07, 6.45) is 2.03. The fourth-order valence-electron chi connectivity index (χ4n) is 2.27. The van der Waals surface area contributed by atoms with Crippen LogP contribution in [0, 0.1) is 16.0 Å². The predicted molar refractivity (Wildman–Crippen MR) is 80.7 cm³/mol. The first kappa shape index (κ1) is 14.7. The van der Waals surface area contributed by atoms with Crippen molar-refractivity contribution in [1.82, 2.24) is 4.90 Å². The van der Waals surface area contributed by atoms with Gasteiger partial charge in [-0.15, -0.1) is 0 Å². The minimum absolute atomic E-state index is 0.0554. The summed E-state index contributed by atoms with van der Waals surface area (Å²) < 4.78 is 0. The van der Waals surface area contributed by atoms with E-state index in [0.717, 1.165) is 31.6 Å². The Balaban J connectivity index is 1.95. The number of non-ortho nitro benzene ring substituents is 1. The minimum Gasteiger partial charge on any atom is -0.396 e. The van der Waals surface area contributed by atoms with Gasteiger partial charge in [-0.2, -0.15) is 0 Å². The van der Waals surface area contributed by atoms with E-state index in [1.54, 1.807) is 12.1 Å². The van der Waals surface area contributed by atoms with Crippen molar-refractivity contribution in [3.05, 3.63) is 34.4 Å². The summed E-state index contributed by atoms with van der Waals surface area (Å²) in [6.45, 7) is 1.79. The van der Waals surface area contributed by atoms with Crippen molar-refractivity contribution in [1.29, 1.82) is 0 Å². The van der Waals surface area contributed by atoms with Crippen molar-refractivity contribution in [2.45, 2.75) is 12.8 Å². The van der Waals surface area contributed by atoms with Gasteiger partial charge in [0.2, 0.25) is 0 Å². The fourth-order valence-corrected chi connectivity index (χ4v) is 2.55. The lowest BCUT2D eigenvalue weighted by atomic mass is 9.99. The van der Waals surface area contributed by atoms with Crippen LogP contribution in [0.25, 0.3) is 0 Å². The maximum atomic E-state index is 10.6. The lowest BCUT2D eigenvalue weighted by Crippen LogP contribution is -2.43. The molecular formula is C13H17N3O3S. The topological polar surface area (TPSA) is 78.6 Å². The zero-order chi connectivity index (χ0) is 14.5. The number of hydrogen-bond acceptors (Lipinski definition) is 4. The number of nitrogens with one attached hydrogen (secondary N) is 1. The van der Waals surface area contributed by atoms with E-state index in [1.165, 1.54) is 12.1 Å². The van der Waals surface area contributed by atoms with Crippen LogP contribution in [0.2, 0.25) is 0 Å². The third-order valence-electron chi connectivity index (χ3n) is 3.39. The Hall–Kier alpha value is -1.73. The SMILES string of the molecule is O=[N+]([O-])c1ccc(NC(=S)N2CCCC(CO)C2)cc1. The molecule has 0 bridgehead atoms. The number of anilines is 1. The molecule has 1 fully saturated rings. The Labute approximate surface area is 122 Å². The molecule has 0 aromatic heterocycles. The Morgan fingerprint density at radius 3 is 2.80 bits per heavy atom. The van der Waals surface area contributed by atoms with Gasteiger partial charge in [0.25, 0.3) is 5.69 Å². The second-order valence-corrected chi connectivity index (χ2v) is 5.26. The first-order valence-corrected chi connectivity index (χ1v) is 6.92. The highest BCUT2D eigenvalue weighted by atomic mass is 32.1. The van der Waals surface area contributed by atoms with E-state index in [1.807, 2.05) is 4.90 Å². The molecule has 1 aliphatic rings. The van der Waals surface area contributed by atoms with Crippen molar-refractivity contribution in [2.24, 2.45) is 5.92 Å². The molecule has 0 radical (unpaired) electrons. The van der Waals surface area contributed by atoms with Gasteiger partial charge in [-0.1, -0.05) is 0 Å². The molecule has 108 valence electrons. The van der Waals surface area contributed by atoms with E-state index in [9.17, 15) is 15.2 Å². The Kier molecular flexibility index (Phi) is 4.86. The molecule has 6 nitrogen and oxygen atoms in total. The molecule has 1 aliphatic heterocycles. The molecule has 20 heavy (non-hydrogen) atoms. The van der Waals surface area contributed by atoms with E-state index in [0.29, 0.717) is 5.11 Å². The average molecular weight is 295 g/mol. The van der Waals surface area contributed by atoms with Crippen LogP contribution in [0.15, 0.2) is 24.3 Å². The molecule has 0 saturated carbocycles. The number of piperidine rings is 1. The Morgan fingerprint density at radius 1 is 1.50 bits per heavy atom. The maximum Gasteiger partial charge on any atom is 0.269 e. The quantitative estimate of drug-likeness (QED) is 0.504. The van der Waals surface area contributed by atoms with Crippen LogP contribution in [0.1, 0.15) is 12.8 Å². The number of nitro groups is 1. The number of thiocarbonyl (C=S) groups is 1. The summed E-state index contributed by atoms with van der Waals surface area (Å²) in [6, 6.07) is 6.16. The van der Waals surface area contributed by atoms with Crippen LogP contribution >= 0.6 is 12.2 Å². The molecule has 1 unspecified atom stereocenters. The first-order chi connectivity index (χ1) is 9.60. The van der Waals surface area contributed by atoms with Crippen LogP contribution in [-0.4, -0.2) is 39.7 Å². The van der Waals surface area contributed by atoms with E-state index in [-0.39, 0.29) is 18.2 Å². The monoisotopic (exact) mass is 295 g/mol. The predicted octanol–water partition coefficient (Wildman–Crippen LogP) is 2.00. The van der Waals surface area contributed by atoms with Crippen LogP contribution in [0.5, 0.6) is 0 Å². The molecule has 2 N–H and O–H groups in total. The Morgan fingerprint density at radius 2 is 2.20 bits per heavy atom.